The van der Waals surface area contributed by atoms with Crippen molar-refractivity contribution in [3.05, 3.63) is 47.3 Å². The van der Waals surface area contributed by atoms with Gasteiger partial charge in [-0.05, 0) is 31.2 Å². The van der Waals surface area contributed by atoms with E-state index in [1.54, 1.807) is 35.1 Å². The van der Waals surface area contributed by atoms with E-state index in [1.165, 1.54) is 7.11 Å². The van der Waals surface area contributed by atoms with Gasteiger partial charge in [0.05, 0.1) is 30.7 Å². The van der Waals surface area contributed by atoms with Gasteiger partial charge in [-0.15, -0.1) is 0 Å². The average molecular weight is 246 g/mol. The second kappa shape index (κ2) is 5.01. The van der Waals surface area contributed by atoms with Gasteiger partial charge in [0.15, 0.2) is 0 Å². The zero-order valence-electron chi connectivity index (χ0n) is 10.3. The first-order chi connectivity index (χ1) is 8.65. The molecule has 2 rings (SSSR count). The highest BCUT2D eigenvalue weighted by atomic mass is 16.5. The van der Waals surface area contributed by atoms with Gasteiger partial charge < -0.3 is 9.84 Å². The summed E-state index contributed by atoms with van der Waals surface area (Å²) in [6.07, 6.45) is 1.77. The molecular weight excluding hydrogens is 232 g/mol. The van der Waals surface area contributed by atoms with Crippen LogP contribution in [0.3, 0.4) is 0 Å². The molecule has 0 saturated heterocycles. The number of ether oxygens (including phenoxy) is 1. The maximum Gasteiger partial charge on any atom is 0.337 e. The van der Waals surface area contributed by atoms with Gasteiger partial charge in [0, 0.05) is 11.8 Å². The molecule has 0 atom stereocenters. The highest BCUT2D eigenvalue weighted by molar-refractivity contribution is 5.89. The van der Waals surface area contributed by atoms with E-state index in [9.17, 15) is 4.79 Å². The molecule has 0 saturated carbocycles. The van der Waals surface area contributed by atoms with Crippen LogP contribution in [0.5, 0.6) is 0 Å². The molecule has 0 unspecified atom stereocenters. The van der Waals surface area contributed by atoms with Crippen molar-refractivity contribution < 1.29 is 14.6 Å². The van der Waals surface area contributed by atoms with Gasteiger partial charge in [-0.3, -0.25) is 0 Å². The molecule has 0 aliphatic heterocycles. The largest absolute Gasteiger partial charge is 0.465 e. The summed E-state index contributed by atoms with van der Waals surface area (Å²) >= 11 is 0. The highest BCUT2D eigenvalue weighted by Gasteiger charge is 2.07. The van der Waals surface area contributed by atoms with Gasteiger partial charge in [-0.2, -0.15) is 5.10 Å². The third kappa shape index (κ3) is 2.26. The molecule has 1 heterocycles. The first kappa shape index (κ1) is 12.3. The lowest BCUT2D eigenvalue weighted by Crippen LogP contribution is -2.02. The summed E-state index contributed by atoms with van der Waals surface area (Å²) in [4.78, 5) is 11.3. The molecule has 0 amide bonds. The summed E-state index contributed by atoms with van der Waals surface area (Å²) in [5.41, 5.74) is 2.89. The van der Waals surface area contributed by atoms with Gasteiger partial charge in [-0.1, -0.05) is 0 Å². The molecular formula is C13H14N2O3. The third-order valence-corrected chi connectivity index (χ3v) is 2.72. The van der Waals surface area contributed by atoms with Crippen molar-refractivity contribution in [1.82, 2.24) is 9.78 Å². The van der Waals surface area contributed by atoms with Crippen molar-refractivity contribution in [2.45, 2.75) is 13.5 Å². The average Bonchev–Trinajstić information content (AvgIpc) is 2.79. The summed E-state index contributed by atoms with van der Waals surface area (Å²) < 4.78 is 6.30. The Bertz CT molecular complexity index is 558. The minimum Gasteiger partial charge on any atom is -0.465 e. The first-order valence-electron chi connectivity index (χ1n) is 5.50. The van der Waals surface area contributed by atoms with Gasteiger partial charge in [0.1, 0.15) is 0 Å². The van der Waals surface area contributed by atoms with Crippen LogP contribution in [-0.4, -0.2) is 28.0 Å². The van der Waals surface area contributed by atoms with Crippen molar-refractivity contribution in [2.24, 2.45) is 0 Å². The Balaban J connectivity index is 2.31. The monoisotopic (exact) mass is 246 g/mol. The van der Waals surface area contributed by atoms with E-state index in [4.69, 9.17) is 5.11 Å². The number of carbonyl (C=O) groups excluding carboxylic acids is 1. The molecule has 5 nitrogen and oxygen atoms in total. The van der Waals surface area contributed by atoms with E-state index in [-0.39, 0.29) is 12.6 Å². The second-order valence-corrected chi connectivity index (χ2v) is 3.88. The molecule has 1 aromatic heterocycles. The Morgan fingerprint density at radius 1 is 1.39 bits per heavy atom. The quantitative estimate of drug-likeness (QED) is 0.833. The van der Waals surface area contributed by atoms with Crippen LogP contribution in [0.4, 0.5) is 0 Å². The van der Waals surface area contributed by atoms with Crippen LogP contribution < -0.4 is 0 Å². The molecule has 1 aromatic carbocycles. The molecule has 5 heteroatoms. The number of carbonyl (C=O) groups is 1. The molecule has 2 aromatic rings. The lowest BCUT2D eigenvalue weighted by Gasteiger charge is -2.02. The lowest BCUT2D eigenvalue weighted by molar-refractivity contribution is 0.0600. The Hall–Kier alpha value is -2.14. The number of esters is 1. The smallest absolute Gasteiger partial charge is 0.337 e. The number of methoxy groups -OCH3 is 1. The highest BCUT2D eigenvalue weighted by Crippen LogP contribution is 2.13. The fourth-order valence-corrected chi connectivity index (χ4v) is 1.65. The Kier molecular flexibility index (Phi) is 3.43. The molecule has 18 heavy (non-hydrogen) atoms. The predicted octanol–water partition coefficient (Wildman–Crippen LogP) is 1.46. The molecule has 0 fully saturated rings. The number of hydrogen-bond acceptors (Lipinski definition) is 4. The SMILES string of the molecule is COC(=O)c1ccc(-n2cc(CO)c(C)n2)cc1. The summed E-state index contributed by atoms with van der Waals surface area (Å²) in [6, 6.07) is 6.91. The third-order valence-electron chi connectivity index (χ3n) is 2.72. The van der Waals surface area contributed by atoms with Crippen LogP contribution >= 0.6 is 0 Å². The van der Waals surface area contributed by atoms with Gasteiger partial charge in [0.25, 0.3) is 0 Å². The fourth-order valence-electron chi connectivity index (χ4n) is 1.65. The van der Waals surface area contributed by atoms with E-state index in [1.807, 2.05) is 6.92 Å². The standard InChI is InChI=1S/C13H14N2O3/c1-9-11(8-16)7-15(14-9)12-5-3-10(4-6-12)13(17)18-2/h3-7,16H,8H2,1-2H3. The first-order valence-corrected chi connectivity index (χ1v) is 5.50. The maximum absolute atomic E-state index is 11.3. The Morgan fingerprint density at radius 2 is 2.06 bits per heavy atom. The summed E-state index contributed by atoms with van der Waals surface area (Å²) in [7, 11) is 1.35. The van der Waals surface area contributed by atoms with Gasteiger partial charge in [0.2, 0.25) is 0 Å². The summed E-state index contributed by atoms with van der Waals surface area (Å²) in [5, 5.41) is 13.4. The Morgan fingerprint density at radius 3 is 2.56 bits per heavy atom. The van der Waals surface area contributed by atoms with Crippen LogP contribution in [0.25, 0.3) is 5.69 Å². The van der Waals surface area contributed by atoms with Gasteiger partial charge >= 0.3 is 5.97 Å². The number of benzene rings is 1. The van der Waals surface area contributed by atoms with Crippen LogP contribution in [0.2, 0.25) is 0 Å². The van der Waals surface area contributed by atoms with Crippen LogP contribution in [0, 0.1) is 6.92 Å². The van der Waals surface area contributed by atoms with E-state index in [0.717, 1.165) is 16.9 Å². The lowest BCUT2D eigenvalue weighted by atomic mass is 10.2. The van der Waals surface area contributed by atoms with Crippen LogP contribution in [0.15, 0.2) is 30.5 Å². The van der Waals surface area contributed by atoms with E-state index < -0.39 is 0 Å². The van der Waals surface area contributed by atoms with Crippen molar-refractivity contribution in [1.29, 1.82) is 0 Å². The van der Waals surface area contributed by atoms with E-state index in [2.05, 4.69) is 9.84 Å². The second-order valence-electron chi connectivity index (χ2n) is 3.88. The van der Waals surface area contributed by atoms with Crippen LogP contribution in [-0.2, 0) is 11.3 Å². The molecule has 1 N–H and O–H groups in total. The summed E-state index contributed by atoms with van der Waals surface area (Å²) in [5.74, 6) is -0.366. The van der Waals surface area contributed by atoms with Crippen LogP contribution in [0.1, 0.15) is 21.6 Å². The van der Waals surface area contributed by atoms with E-state index >= 15 is 0 Å². The number of aliphatic hydroxyl groups excluding tert-OH is 1. The zero-order valence-corrected chi connectivity index (χ0v) is 10.3. The van der Waals surface area contributed by atoms with E-state index in [0.29, 0.717) is 5.56 Å². The van der Waals surface area contributed by atoms with Crippen molar-refractivity contribution >= 4 is 5.97 Å². The summed E-state index contributed by atoms with van der Waals surface area (Å²) in [6.45, 7) is 1.80. The normalized spacial score (nSPS) is 10.4. The maximum atomic E-state index is 11.3. The number of nitrogens with zero attached hydrogens (tertiary/aromatic N) is 2. The zero-order chi connectivity index (χ0) is 13.1. The molecule has 0 aliphatic rings. The molecule has 0 bridgehead atoms. The van der Waals surface area contributed by atoms with Gasteiger partial charge in [-0.25, -0.2) is 9.48 Å². The topological polar surface area (TPSA) is 64.3 Å². The number of aliphatic hydroxyl groups is 1. The fraction of sp³-hybridized carbons (Fsp3) is 0.231. The van der Waals surface area contributed by atoms with Crippen molar-refractivity contribution in [2.75, 3.05) is 7.11 Å². The number of aryl methyl sites for hydroxylation is 1. The molecule has 0 aliphatic carbocycles. The predicted molar refractivity (Wildman–Crippen MR) is 65.6 cm³/mol. The Labute approximate surface area is 105 Å². The number of aromatic nitrogens is 2. The van der Waals surface area contributed by atoms with Crippen molar-refractivity contribution in [3.8, 4) is 5.69 Å². The number of rotatable bonds is 3. The molecule has 94 valence electrons. The van der Waals surface area contributed by atoms with Crippen molar-refractivity contribution in [3.63, 3.8) is 0 Å². The minimum atomic E-state index is -0.366. The molecule has 0 radical (unpaired) electrons. The minimum absolute atomic E-state index is 0.0356. The number of hydrogen-bond donors (Lipinski definition) is 1. The molecule has 0 spiro atoms.